The second kappa shape index (κ2) is 5.72. The largest absolute Gasteiger partial charge is 0.352 e. The lowest BCUT2D eigenvalue weighted by Gasteiger charge is -2.33. The summed E-state index contributed by atoms with van der Waals surface area (Å²) in [6.07, 6.45) is 4.34. The van der Waals surface area contributed by atoms with Gasteiger partial charge in [0.05, 0.1) is 0 Å². The molecule has 1 aromatic rings. The first kappa shape index (κ1) is 15.0. The number of sulfonamides is 1. The molecule has 2 fully saturated rings. The fourth-order valence-corrected chi connectivity index (χ4v) is 4.41. The highest BCUT2D eigenvalue weighted by atomic mass is 32.2. The van der Waals surface area contributed by atoms with Gasteiger partial charge in [-0.25, -0.2) is 8.42 Å². The molecular formula is C14H24N4O2S. The molecule has 3 rings (SSSR count). The van der Waals surface area contributed by atoms with Crippen LogP contribution in [0.25, 0.3) is 0 Å². The minimum atomic E-state index is -3.38. The molecule has 0 unspecified atom stereocenters. The van der Waals surface area contributed by atoms with Crippen molar-refractivity contribution in [3.05, 3.63) is 18.0 Å². The van der Waals surface area contributed by atoms with Crippen molar-refractivity contribution < 1.29 is 8.42 Å². The van der Waals surface area contributed by atoms with Crippen LogP contribution >= 0.6 is 0 Å². The van der Waals surface area contributed by atoms with E-state index in [4.69, 9.17) is 5.73 Å². The number of aromatic nitrogens is 1. The molecule has 0 bridgehead atoms. The van der Waals surface area contributed by atoms with Gasteiger partial charge in [-0.1, -0.05) is 0 Å². The Morgan fingerprint density at radius 2 is 1.90 bits per heavy atom. The minimum absolute atomic E-state index is 0.348. The molecule has 1 aromatic heterocycles. The van der Waals surface area contributed by atoms with E-state index in [0.29, 0.717) is 24.5 Å². The Hall–Kier alpha value is -0.890. The zero-order valence-corrected chi connectivity index (χ0v) is 13.3. The first-order valence-corrected chi connectivity index (χ1v) is 9.02. The molecule has 1 aliphatic carbocycles. The molecule has 2 heterocycles. The molecule has 0 radical (unpaired) electrons. The van der Waals surface area contributed by atoms with Gasteiger partial charge in [0.15, 0.2) is 0 Å². The third-order valence-electron chi connectivity index (χ3n) is 4.47. The van der Waals surface area contributed by atoms with Gasteiger partial charge in [0.25, 0.3) is 0 Å². The first-order chi connectivity index (χ1) is 10.0. The fourth-order valence-electron chi connectivity index (χ4n) is 2.89. The molecule has 0 amide bonds. The number of nitrogens with zero attached hydrogens (tertiary/aromatic N) is 3. The van der Waals surface area contributed by atoms with E-state index in [1.165, 1.54) is 12.8 Å². The Bertz CT molecular complexity index is 598. The van der Waals surface area contributed by atoms with Crippen LogP contribution in [0.3, 0.4) is 0 Å². The van der Waals surface area contributed by atoms with Gasteiger partial charge in [0.1, 0.15) is 4.90 Å². The Morgan fingerprint density at radius 3 is 2.43 bits per heavy atom. The minimum Gasteiger partial charge on any atom is -0.352 e. The van der Waals surface area contributed by atoms with Gasteiger partial charge in [-0.2, -0.15) is 4.31 Å². The number of rotatable bonds is 5. The van der Waals surface area contributed by atoms with Gasteiger partial charge in [0, 0.05) is 58.2 Å². The van der Waals surface area contributed by atoms with E-state index in [9.17, 15) is 8.42 Å². The molecule has 118 valence electrons. The van der Waals surface area contributed by atoms with E-state index >= 15 is 0 Å². The summed E-state index contributed by atoms with van der Waals surface area (Å²) in [7, 11) is -1.55. The predicted octanol–water partition coefficient (Wildman–Crippen LogP) is 0.200. The van der Waals surface area contributed by atoms with Crippen LogP contribution in [-0.2, 0) is 23.6 Å². The highest BCUT2D eigenvalue weighted by Crippen LogP contribution is 2.30. The number of hydrogen-bond donors (Lipinski definition) is 1. The summed E-state index contributed by atoms with van der Waals surface area (Å²) in [5.74, 6) is 0.856. The van der Waals surface area contributed by atoms with Crippen molar-refractivity contribution in [2.24, 2.45) is 18.7 Å². The normalized spacial score (nSPS) is 21.8. The Balaban J connectivity index is 1.67. The highest BCUT2D eigenvalue weighted by Gasteiger charge is 2.31. The fraction of sp³-hybridized carbons (Fsp3) is 0.714. The molecule has 21 heavy (non-hydrogen) atoms. The van der Waals surface area contributed by atoms with Crippen LogP contribution in [-0.4, -0.2) is 54.9 Å². The van der Waals surface area contributed by atoms with E-state index < -0.39 is 10.0 Å². The van der Waals surface area contributed by atoms with Gasteiger partial charge in [-0.05, 0) is 24.8 Å². The topological polar surface area (TPSA) is 71.6 Å². The Kier molecular flexibility index (Phi) is 4.09. The molecular weight excluding hydrogens is 288 g/mol. The third kappa shape index (κ3) is 3.15. The monoisotopic (exact) mass is 312 g/mol. The van der Waals surface area contributed by atoms with Crippen molar-refractivity contribution in [3.8, 4) is 0 Å². The molecule has 1 saturated carbocycles. The van der Waals surface area contributed by atoms with Crippen LogP contribution in [0.15, 0.2) is 17.2 Å². The smallest absolute Gasteiger partial charge is 0.244 e. The molecule has 2 N–H and O–H groups in total. The van der Waals surface area contributed by atoms with Crippen LogP contribution in [0, 0.1) is 5.92 Å². The number of hydrogen-bond acceptors (Lipinski definition) is 4. The summed E-state index contributed by atoms with van der Waals surface area (Å²) < 4.78 is 28.7. The van der Waals surface area contributed by atoms with Crippen molar-refractivity contribution >= 4 is 10.0 Å². The maximum Gasteiger partial charge on any atom is 0.244 e. The molecule has 6 nitrogen and oxygen atoms in total. The van der Waals surface area contributed by atoms with Gasteiger partial charge in [-0.15, -0.1) is 0 Å². The zero-order chi connectivity index (χ0) is 15.0. The first-order valence-electron chi connectivity index (χ1n) is 7.58. The van der Waals surface area contributed by atoms with Crippen LogP contribution < -0.4 is 5.73 Å². The maximum atomic E-state index is 12.7. The highest BCUT2D eigenvalue weighted by molar-refractivity contribution is 7.89. The summed E-state index contributed by atoms with van der Waals surface area (Å²) in [6, 6.07) is 1.69. The van der Waals surface area contributed by atoms with Gasteiger partial charge >= 0.3 is 0 Å². The van der Waals surface area contributed by atoms with Crippen LogP contribution in [0.1, 0.15) is 18.5 Å². The van der Waals surface area contributed by atoms with E-state index in [-0.39, 0.29) is 0 Å². The third-order valence-corrected chi connectivity index (χ3v) is 6.34. The summed E-state index contributed by atoms with van der Waals surface area (Å²) in [5.41, 5.74) is 6.45. The Labute approximate surface area is 126 Å². The second-order valence-corrected chi connectivity index (χ2v) is 8.07. The zero-order valence-electron chi connectivity index (χ0n) is 12.5. The van der Waals surface area contributed by atoms with Crippen molar-refractivity contribution in [3.63, 3.8) is 0 Å². The Morgan fingerprint density at radius 1 is 1.24 bits per heavy atom. The van der Waals surface area contributed by atoms with Crippen molar-refractivity contribution in [1.82, 2.24) is 13.8 Å². The predicted molar refractivity (Wildman–Crippen MR) is 81.2 cm³/mol. The van der Waals surface area contributed by atoms with Crippen LogP contribution in [0.2, 0.25) is 0 Å². The van der Waals surface area contributed by atoms with E-state index in [2.05, 4.69) is 4.90 Å². The molecule has 0 aromatic carbocycles. The summed E-state index contributed by atoms with van der Waals surface area (Å²) in [5, 5.41) is 0. The standard InChI is InChI=1S/C14H24N4O2S/c1-16-11-14(8-13(16)9-15)21(19,20)18-6-4-17(5-7-18)10-12-2-3-12/h8,11-12H,2-7,9-10,15H2,1H3. The number of piperazine rings is 1. The number of nitrogens with two attached hydrogens (primary N) is 1. The lowest BCUT2D eigenvalue weighted by Crippen LogP contribution is -2.48. The quantitative estimate of drug-likeness (QED) is 0.843. The summed E-state index contributed by atoms with van der Waals surface area (Å²) in [4.78, 5) is 2.75. The van der Waals surface area contributed by atoms with Crippen molar-refractivity contribution in [1.29, 1.82) is 0 Å². The molecule has 0 spiro atoms. The van der Waals surface area contributed by atoms with Crippen molar-refractivity contribution in [2.45, 2.75) is 24.3 Å². The molecule has 1 aliphatic heterocycles. The van der Waals surface area contributed by atoms with Gasteiger partial charge < -0.3 is 15.2 Å². The average molecular weight is 312 g/mol. The second-order valence-electron chi connectivity index (χ2n) is 6.13. The van der Waals surface area contributed by atoms with Gasteiger partial charge in [0.2, 0.25) is 10.0 Å². The molecule has 7 heteroatoms. The lowest BCUT2D eigenvalue weighted by molar-refractivity contribution is 0.182. The maximum absolute atomic E-state index is 12.7. The van der Waals surface area contributed by atoms with Gasteiger partial charge in [-0.3, -0.25) is 0 Å². The summed E-state index contributed by atoms with van der Waals surface area (Å²) >= 11 is 0. The number of aryl methyl sites for hydroxylation is 1. The lowest BCUT2D eigenvalue weighted by atomic mass is 10.3. The van der Waals surface area contributed by atoms with E-state index in [1.54, 1.807) is 21.1 Å². The molecule has 2 aliphatic rings. The van der Waals surface area contributed by atoms with Crippen LogP contribution in [0.4, 0.5) is 0 Å². The van der Waals surface area contributed by atoms with E-state index in [1.807, 2.05) is 7.05 Å². The molecule has 0 atom stereocenters. The summed E-state index contributed by atoms with van der Waals surface area (Å²) in [6.45, 7) is 4.33. The average Bonchev–Trinajstić information content (AvgIpc) is 3.19. The molecule has 1 saturated heterocycles. The SMILES string of the molecule is Cn1cc(S(=O)(=O)N2CCN(CC3CC3)CC2)cc1CN. The van der Waals surface area contributed by atoms with E-state index in [0.717, 1.165) is 31.2 Å². The van der Waals surface area contributed by atoms with Crippen molar-refractivity contribution in [2.75, 3.05) is 32.7 Å². The van der Waals surface area contributed by atoms with Crippen LogP contribution in [0.5, 0.6) is 0 Å².